The van der Waals surface area contributed by atoms with Crippen LogP contribution >= 0.6 is 0 Å². The van der Waals surface area contributed by atoms with Gasteiger partial charge in [0.25, 0.3) is 5.91 Å². The molecule has 5 aromatic rings. The summed E-state index contributed by atoms with van der Waals surface area (Å²) in [5.41, 5.74) is 8.20. The fraction of sp³-hybridized carbons (Fsp3) is 0.349. The standard InChI is InChI=1S/C43H44N8O6/c1-25(44-42(54)56-2)40(52)50-21-7-11-34(50)38-45-31-19-16-27(24-33(31)47-38)14-13-26-15-18-30-29(23-26)17-20-32-37(30)48-39(46-32)35-12-8-22-51(35)41(53)36(49-43(55)57-3)28-9-5-4-6-10-28/h4-6,9-10,15-16,18-19,23-25,34-36H,7-8,11-12,17,20-22H2,1-3H3,(H,44,54)(H,45,47)(H,46,48)(H,49,55)/t25-,34-,35-,36-/m0/s1. The maximum Gasteiger partial charge on any atom is 0.407 e. The van der Waals surface area contributed by atoms with Crippen molar-refractivity contribution in [1.82, 2.24) is 40.4 Å². The number of H-pyrrole nitrogens is 2. The first-order valence-corrected chi connectivity index (χ1v) is 19.3. The number of amides is 4. The van der Waals surface area contributed by atoms with E-state index in [1.165, 1.54) is 19.8 Å². The molecule has 0 radical (unpaired) electrons. The molecule has 2 saturated heterocycles. The third-order valence-corrected chi connectivity index (χ3v) is 11.1. The minimum Gasteiger partial charge on any atom is -0.453 e. The molecule has 0 unspecified atom stereocenters. The predicted octanol–water partition coefficient (Wildman–Crippen LogP) is 5.62. The van der Waals surface area contributed by atoms with E-state index in [1.54, 1.807) is 11.8 Å². The number of hydrogen-bond donors (Lipinski definition) is 4. The Balaban J connectivity index is 0.976. The molecule has 292 valence electrons. The number of nitrogens with zero attached hydrogens (tertiary/aromatic N) is 4. The maximum atomic E-state index is 14.0. The molecule has 2 aliphatic heterocycles. The number of alkyl carbamates (subject to hydrolysis) is 2. The lowest BCUT2D eigenvalue weighted by atomic mass is 9.91. The van der Waals surface area contributed by atoms with Gasteiger partial charge in [-0.1, -0.05) is 48.2 Å². The number of ether oxygens (including phenoxy) is 2. The van der Waals surface area contributed by atoms with Gasteiger partial charge < -0.3 is 39.9 Å². The highest BCUT2D eigenvalue weighted by Gasteiger charge is 2.38. The second-order valence-electron chi connectivity index (χ2n) is 14.6. The molecule has 2 fully saturated rings. The SMILES string of the molecule is COC(=O)N[C@@H](C)C(=O)N1CCC[C@H]1c1nc2ccc(C#Cc3ccc4c(c3)CCc3[nH]c([C@@H]5CCCN5C(=O)[C@@H](NC(=O)OC)c5ccccc5)nc3-4)cc2[nH]1. The van der Waals surface area contributed by atoms with E-state index in [1.807, 2.05) is 59.5 Å². The van der Waals surface area contributed by atoms with Crippen LogP contribution in [0, 0.1) is 11.8 Å². The van der Waals surface area contributed by atoms with Gasteiger partial charge in [-0.25, -0.2) is 19.6 Å². The van der Waals surface area contributed by atoms with Crippen LogP contribution in [0.15, 0.2) is 66.7 Å². The molecule has 2 aromatic heterocycles. The summed E-state index contributed by atoms with van der Waals surface area (Å²) in [4.78, 5) is 71.6. The summed E-state index contributed by atoms with van der Waals surface area (Å²) in [6.45, 7) is 2.80. The Labute approximate surface area is 329 Å². The zero-order chi connectivity index (χ0) is 39.6. The summed E-state index contributed by atoms with van der Waals surface area (Å²) in [6.07, 6.45) is 3.50. The molecule has 57 heavy (non-hydrogen) atoms. The van der Waals surface area contributed by atoms with Crippen LogP contribution in [0.3, 0.4) is 0 Å². The number of likely N-dealkylation sites (tertiary alicyclic amines) is 2. The summed E-state index contributed by atoms with van der Waals surface area (Å²) in [7, 11) is 2.55. The smallest absolute Gasteiger partial charge is 0.407 e. The van der Waals surface area contributed by atoms with Crippen molar-refractivity contribution in [3.63, 3.8) is 0 Å². The minimum atomic E-state index is -0.879. The Morgan fingerprint density at radius 1 is 0.772 bits per heavy atom. The van der Waals surface area contributed by atoms with E-state index in [9.17, 15) is 19.2 Å². The highest BCUT2D eigenvalue weighted by atomic mass is 16.5. The van der Waals surface area contributed by atoms with Crippen molar-refractivity contribution < 1.29 is 28.7 Å². The molecule has 8 rings (SSSR count). The number of aromatic amines is 2. The number of rotatable bonds is 7. The summed E-state index contributed by atoms with van der Waals surface area (Å²) >= 11 is 0. The van der Waals surface area contributed by atoms with Crippen LogP contribution in [0.2, 0.25) is 0 Å². The molecule has 0 spiro atoms. The minimum absolute atomic E-state index is 0.181. The molecule has 4 heterocycles. The number of carbonyl (C=O) groups is 4. The van der Waals surface area contributed by atoms with Gasteiger partial charge in [0.2, 0.25) is 5.91 Å². The molecular formula is C43H44N8O6. The highest BCUT2D eigenvalue weighted by molar-refractivity contribution is 5.88. The fourth-order valence-electron chi connectivity index (χ4n) is 8.22. The zero-order valence-electron chi connectivity index (χ0n) is 32.1. The lowest BCUT2D eigenvalue weighted by Gasteiger charge is -2.28. The van der Waals surface area contributed by atoms with Gasteiger partial charge in [-0.2, -0.15) is 0 Å². The molecule has 3 aliphatic rings. The van der Waals surface area contributed by atoms with E-state index in [0.717, 1.165) is 83.5 Å². The topological polar surface area (TPSA) is 175 Å². The first-order valence-electron chi connectivity index (χ1n) is 19.3. The van der Waals surface area contributed by atoms with Crippen LogP contribution in [-0.2, 0) is 31.9 Å². The average Bonchev–Trinajstić information content (AvgIpc) is 4.07. The van der Waals surface area contributed by atoms with Crippen LogP contribution in [0.1, 0.15) is 90.3 Å². The average molecular weight is 769 g/mol. The quantitative estimate of drug-likeness (QED) is 0.154. The van der Waals surface area contributed by atoms with Crippen LogP contribution in [0.25, 0.3) is 22.3 Å². The number of methoxy groups -OCH3 is 2. The molecule has 1 aliphatic carbocycles. The Morgan fingerprint density at radius 3 is 2.14 bits per heavy atom. The van der Waals surface area contributed by atoms with Gasteiger partial charge >= 0.3 is 12.2 Å². The Bertz CT molecular complexity index is 2410. The van der Waals surface area contributed by atoms with Gasteiger partial charge in [0.1, 0.15) is 23.7 Å². The second kappa shape index (κ2) is 15.9. The molecule has 4 amide bonds. The van der Waals surface area contributed by atoms with Gasteiger partial charge in [-0.3, -0.25) is 9.59 Å². The van der Waals surface area contributed by atoms with Crippen molar-refractivity contribution in [3.05, 3.63) is 106 Å². The van der Waals surface area contributed by atoms with Crippen molar-refractivity contribution in [1.29, 1.82) is 0 Å². The summed E-state index contributed by atoms with van der Waals surface area (Å²) < 4.78 is 9.50. The molecule has 0 bridgehead atoms. The van der Waals surface area contributed by atoms with E-state index in [-0.39, 0.29) is 23.9 Å². The van der Waals surface area contributed by atoms with Gasteiger partial charge in [0.05, 0.1) is 43.0 Å². The van der Waals surface area contributed by atoms with E-state index in [4.69, 9.17) is 14.7 Å². The number of aryl methyl sites for hydroxylation is 2. The number of aromatic nitrogens is 4. The molecule has 14 nitrogen and oxygen atoms in total. The van der Waals surface area contributed by atoms with Gasteiger partial charge in [0.15, 0.2) is 0 Å². The van der Waals surface area contributed by atoms with Crippen LogP contribution < -0.4 is 10.6 Å². The number of benzene rings is 3. The molecule has 4 N–H and O–H groups in total. The Kier molecular flexibility index (Phi) is 10.4. The van der Waals surface area contributed by atoms with Gasteiger partial charge in [0, 0.05) is 35.5 Å². The normalized spacial score (nSPS) is 18.2. The Morgan fingerprint density at radius 2 is 1.42 bits per heavy atom. The summed E-state index contributed by atoms with van der Waals surface area (Å²) in [6, 6.07) is 19.2. The molecule has 3 aromatic carbocycles. The second-order valence-corrected chi connectivity index (χ2v) is 14.6. The van der Waals surface area contributed by atoms with Gasteiger partial charge in [-0.15, -0.1) is 0 Å². The molecule has 0 saturated carbocycles. The first-order chi connectivity index (χ1) is 27.7. The lowest BCUT2D eigenvalue weighted by Crippen LogP contribution is -2.46. The highest BCUT2D eigenvalue weighted by Crippen LogP contribution is 2.38. The summed E-state index contributed by atoms with van der Waals surface area (Å²) in [5.74, 6) is 7.72. The maximum absolute atomic E-state index is 14.0. The van der Waals surface area contributed by atoms with Crippen molar-refractivity contribution >= 4 is 35.0 Å². The first kappa shape index (κ1) is 37.3. The van der Waals surface area contributed by atoms with Crippen LogP contribution in [-0.4, -0.2) is 87.1 Å². The van der Waals surface area contributed by atoms with Gasteiger partial charge in [-0.05, 0) is 86.9 Å². The van der Waals surface area contributed by atoms with Crippen molar-refractivity contribution in [2.75, 3.05) is 27.3 Å². The number of imidazole rings is 2. The lowest BCUT2D eigenvalue weighted by molar-refractivity contribution is -0.135. The molecule has 4 atom stereocenters. The summed E-state index contributed by atoms with van der Waals surface area (Å²) in [5, 5.41) is 5.29. The predicted molar refractivity (Wildman–Crippen MR) is 211 cm³/mol. The Hall–Kier alpha value is -6.62. The van der Waals surface area contributed by atoms with E-state index >= 15 is 0 Å². The third kappa shape index (κ3) is 7.52. The fourth-order valence-corrected chi connectivity index (χ4v) is 8.22. The van der Waals surface area contributed by atoms with Crippen molar-refractivity contribution in [2.45, 2.75) is 69.6 Å². The monoisotopic (exact) mass is 768 g/mol. The number of hydrogen-bond acceptors (Lipinski definition) is 8. The van der Waals surface area contributed by atoms with E-state index in [2.05, 4.69) is 49.3 Å². The zero-order valence-corrected chi connectivity index (χ0v) is 32.1. The van der Waals surface area contributed by atoms with E-state index in [0.29, 0.717) is 24.5 Å². The van der Waals surface area contributed by atoms with Crippen molar-refractivity contribution in [3.8, 4) is 23.1 Å². The molecular weight excluding hydrogens is 725 g/mol. The number of nitrogens with one attached hydrogen (secondary N) is 4. The van der Waals surface area contributed by atoms with Crippen LogP contribution in [0.4, 0.5) is 9.59 Å². The van der Waals surface area contributed by atoms with E-state index < -0.39 is 24.3 Å². The van der Waals surface area contributed by atoms with Crippen LogP contribution in [0.5, 0.6) is 0 Å². The number of carbonyl (C=O) groups excluding carboxylic acids is 4. The third-order valence-electron chi connectivity index (χ3n) is 11.1. The largest absolute Gasteiger partial charge is 0.453 e. The number of fused-ring (bicyclic) bond motifs is 4. The van der Waals surface area contributed by atoms with Crippen molar-refractivity contribution in [2.24, 2.45) is 0 Å². The molecule has 14 heteroatoms.